The molecule has 0 aliphatic carbocycles. The van der Waals surface area contributed by atoms with Gasteiger partial charge in [-0.15, -0.1) is 14.7 Å². The van der Waals surface area contributed by atoms with Crippen molar-refractivity contribution in [1.29, 1.82) is 0 Å². The van der Waals surface area contributed by atoms with Crippen molar-refractivity contribution in [2.75, 3.05) is 26.7 Å². The molecule has 0 amide bonds. The SMILES string of the molecule is CN(C[C@@H](Cc1cccc2ccccc12)N(C[C@H](Cc1ccccc1)N(CCc1ccccc1)N=O)N=O)N=O.[Na+]. The molecule has 0 aliphatic rings. The molecule has 0 heterocycles. The van der Waals surface area contributed by atoms with Gasteiger partial charge in [0, 0.05) is 13.6 Å². The average Bonchev–Trinajstić information content (AvgIpc) is 3.00. The summed E-state index contributed by atoms with van der Waals surface area (Å²) in [7, 11) is 1.58. The van der Waals surface area contributed by atoms with Gasteiger partial charge >= 0.3 is 29.6 Å². The van der Waals surface area contributed by atoms with E-state index in [1.807, 2.05) is 103 Å². The Bertz CT molecular complexity index is 1370. The molecular weight excluding hydrogens is 527 g/mol. The zero-order valence-corrected chi connectivity index (χ0v) is 25.6. The molecule has 0 unspecified atom stereocenters. The molecule has 41 heavy (non-hydrogen) atoms. The second kappa shape index (κ2) is 16.6. The summed E-state index contributed by atoms with van der Waals surface area (Å²) >= 11 is 0. The van der Waals surface area contributed by atoms with E-state index in [0.717, 1.165) is 27.5 Å². The first-order valence-corrected chi connectivity index (χ1v) is 13.4. The van der Waals surface area contributed by atoms with Gasteiger partial charge in [0.15, 0.2) is 0 Å². The fourth-order valence-corrected chi connectivity index (χ4v) is 5.12. The van der Waals surface area contributed by atoms with E-state index in [4.69, 9.17) is 0 Å². The van der Waals surface area contributed by atoms with Gasteiger partial charge in [-0.05, 0) is 46.7 Å². The van der Waals surface area contributed by atoms with Crippen LogP contribution in [0.4, 0.5) is 0 Å². The second-order valence-electron chi connectivity index (χ2n) is 9.95. The molecule has 4 aromatic rings. The molecule has 0 N–H and O–H groups in total. The first kappa shape index (κ1) is 31.9. The Hall–Kier alpha value is -3.66. The smallest absolute Gasteiger partial charge is 0.262 e. The summed E-state index contributed by atoms with van der Waals surface area (Å²) in [6, 6.07) is 32.9. The number of rotatable bonds is 16. The molecule has 0 saturated carbocycles. The van der Waals surface area contributed by atoms with E-state index >= 15 is 0 Å². The zero-order valence-electron chi connectivity index (χ0n) is 23.6. The monoisotopic (exact) mass is 561 g/mol. The Balaban J connectivity index is 0.00000462. The van der Waals surface area contributed by atoms with Gasteiger partial charge in [0.1, 0.15) is 0 Å². The van der Waals surface area contributed by atoms with Crippen LogP contribution in [0.25, 0.3) is 10.8 Å². The first-order valence-electron chi connectivity index (χ1n) is 13.4. The Morgan fingerprint density at radius 1 is 0.610 bits per heavy atom. The Kier molecular flexibility index (Phi) is 12.9. The van der Waals surface area contributed by atoms with Crippen LogP contribution >= 0.6 is 0 Å². The number of likely N-dealkylation sites (N-methyl/N-ethyl adjacent to an activating group) is 1. The largest absolute Gasteiger partial charge is 1.00 e. The van der Waals surface area contributed by atoms with Gasteiger partial charge in [0.2, 0.25) is 0 Å². The maximum atomic E-state index is 12.4. The third-order valence-corrected chi connectivity index (χ3v) is 7.19. The van der Waals surface area contributed by atoms with Gasteiger partial charge in [-0.1, -0.05) is 103 Å². The van der Waals surface area contributed by atoms with Crippen molar-refractivity contribution < 1.29 is 29.6 Å². The van der Waals surface area contributed by atoms with Crippen LogP contribution in [0, 0.1) is 14.7 Å². The van der Waals surface area contributed by atoms with Crippen LogP contribution in [0.1, 0.15) is 16.7 Å². The van der Waals surface area contributed by atoms with Crippen molar-refractivity contribution in [1.82, 2.24) is 15.0 Å². The molecule has 0 saturated heterocycles. The minimum atomic E-state index is -0.466. The van der Waals surface area contributed by atoms with E-state index in [0.29, 0.717) is 25.8 Å². The van der Waals surface area contributed by atoms with E-state index in [1.54, 1.807) is 7.05 Å². The Morgan fingerprint density at radius 3 is 1.85 bits per heavy atom. The summed E-state index contributed by atoms with van der Waals surface area (Å²) < 4.78 is 0. The number of nitroso groups, excluding NO2 is 3. The van der Waals surface area contributed by atoms with Crippen molar-refractivity contribution >= 4 is 10.8 Å². The molecule has 0 aliphatic heterocycles. The van der Waals surface area contributed by atoms with Gasteiger partial charge in [0.05, 0.1) is 41.0 Å². The van der Waals surface area contributed by atoms with Gasteiger partial charge in [-0.2, -0.15) is 0 Å². The molecule has 206 valence electrons. The molecule has 2 atom stereocenters. The zero-order chi connectivity index (χ0) is 28.2. The molecule has 4 rings (SSSR count). The number of benzene rings is 4. The van der Waals surface area contributed by atoms with Crippen LogP contribution in [-0.2, 0) is 19.3 Å². The standard InChI is InChI=1S/C31H34N6O3.Na/c1-35(32-38)23-30(22-28-17-10-16-27-15-8-9-18-31(27)28)37(34-40)24-29(21-26-13-6-3-7-14-26)36(33-39)20-19-25-11-4-2-5-12-25;/h2-18,29-30H,19-24H2,1H3;/q;+1/t29-,30+;/m0./s1. The number of nitrogens with zero attached hydrogens (tertiary/aromatic N) is 6. The predicted octanol–water partition coefficient (Wildman–Crippen LogP) is 3.19. The van der Waals surface area contributed by atoms with Crippen LogP contribution in [0.5, 0.6) is 0 Å². The quantitative estimate of drug-likeness (QED) is 0.118. The van der Waals surface area contributed by atoms with E-state index in [1.165, 1.54) is 15.0 Å². The molecule has 4 aromatic carbocycles. The first-order chi connectivity index (χ1) is 19.6. The molecule has 0 aromatic heterocycles. The minimum Gasteiger partial charge on any atom is -0.262 e. The van der Waals surface area contributed by atoms with Crippen LogP contribution in [0.3, 0.4) is 0 Å². The molecule has 0 bridgehead atoms. The van der Waals surface area contributed by atoms with Crippen molar-refractivity contribution in [2.24, 2.45) is 15.9 Å². The topological polar surface area (TPSA) is 98.0 Å². The fraction of sp³-hybridized carbons (Fsp3) is 0.290. The third kappa shape index (κ3) is 9.18. The van der Waals surface area contributed by atoms with Gasteiger partial charge < -0.3 is 0 Å². The predicted molar refractivity (Wildman–Crippen MR) is 159 cm³/mol. The van der Waals surface area contributed by atoms with Crippen molar-refractivity contribution in [3.05, 3.63) is 135 Å². The fourth-order valence-electron chi connectivity index (χ4n) is 5.12. The summed E-state index contributed by atoms with van der Waals surface area (Å²) in [5.74, 6) is 0. The Labute approximate surface area is 262 Å². The number of hydrogen-bond donors (Lipinski definition) is 0. The normalized spacial score (nSPS) is 12.0. The van der Waals surface area contributed by atoms with Crippen molar-refractivity contribution in [2.45, 2.75) is 31.3 Å². The summed E-state index contributed by atoms with van der Waals surface area (Å²) in [4.78, 5) is 35.9. The minimum absolute atomic E-state index is 0. The van der Waals surface area contributed by atoms with E-state index in [9.17, 15) is 14.7 Å². The number of hydrogen-bond acceptors (Lipinski definition) is 6. The van der Waals surface area contributed by atoms with Crippen LogP contribution in [-0.4, -0.2) is 53.8 Å². The van der Waals surface area contributed by atoms with Crippen molar-refractivity contribution in [3.8, 4) is 0 Å². The summed E-state index contributed by atoms with van der Waals surface area (Å²) in [6.45, 7) is 0.734. The molecule has 0 fully saturated rings. The van der Waals surface area contributed by atoms with Gasteiger partial charge in [-0.25, -0.2) is 0 Å². The van der Waals surface area contributed by atoms with Crippen LogP contribution < -0.4 is 29.6 Å². The van der Waals surface area contributed by atoms with E-state index in [2.05, 4.69) is 15.9 Å². The molecule has 0 spiro atoms. The average molecular weight is 562 g/mol. The second-order valence-corrected chi connectivity index (χ2v) is 9.95. The third-order valence-electron chi connectivity index (χ3n) is 7.19. The van der Waals surface area contributed by atoms with E-state index < -0.39 is 12.1 Å². The molecular formula is C31H34N6NaO3+. The summed E-state index contributed by atoms with van der Waals surface area (Å²) in [6.07, 6.45) is 1.59. The summed E-state index contributed by atoms with van der Waals surface area (Å²) in [5, 5.41) is 16.2. The Morgan fingerprint density at radius 2 is 1.20 bits per heavy atom. The molecule has 9 nitrogen and oxygen atoms in total. The molecule has 0 radical (unpaired) electrons. The van der Waals surface area contributed by atoms with Crippen LogP contribution in [0.15, 0.2) is 119 Å². The molecule has 10 heteroatoms. The number of fused-ring (bicyclic) bond motifs is 1. The van der Waals surface area contributed by atoms with E-state index in [-0.39, 0.29) is 42.6 Å². The van der Waals surface area contributed by atoms with Crippen LogP contribution in [0.2, 0.25) is 0 Å². The van der Waals surface area contributed by atoms with Gasteiger partial charge in [-0.3, -0.25) is 15.0 Å². The van der Waals surface area contributed by atoms with Crippen molar-refractivity contribution in [3.63, 3.8) is 0 Å². The summed E-state index contributed by atoms with van der Waals surface area (Å²) in [5.41, 5.74) is 3.14. The maximum Gasteiger partial charge on any atom is 1.00 e. The maximum absolute atomic E-state index is 12.4. The van der Waals surface area contributed by atoms with Gasteiger partial charge in [0.25, 0.3) is 0 Å².